The Balaban J connectivity index is 1.67. The van der Waals surface area contributed by atoms with Crippen molar-refractivity contribution in [2.75, 3.05) is 16.4 Å². The number of amides is 2. The van der Waals surface area contributed by atoms with Crippen molar-refractivity contribution in [1.29, 1.82) is 0 Å². The molecule has 28 heavy (non-hydrogen) atoms. The van der Waals surface area contributed by atoms with Crippen LogP contribution >= 0.6 is 27.7 Å². The first-order valence-electron chi connectivity index (χ1n) is 8.08. The van der Waals surface area contributed by atoms with Gasteiger partial charge in [-0.15, -0.1) is 10.2 Å². The monoisotopic (exact) mass is 463 g/mol. The fourth-order valence-electron chi connectivity index (χ4n) is 2.34. The Morgan fingerprint density at radius 2 is 2.04 bits per heavy atom. The second-order valence-electron chi connectivity index (χ2n) is 5.68. The van der Waals surface area contributed by atoms with Gasteiger partial charge in [-0.2, -0.15) is 0 Å². The van der Waals surface area contributed by atoms with Gasteiger partial charge in [-0.1, -0.05) is 33.8 Å². The van der Waals surface area contributed by atoms with Crippen LogP contribution in [0.3, 0.4) is 0 Å². The maximum Gasteiger partial charge on any atom is 0.234 e. The molecule has 0 aliphatic carbocycles. The molecule has 0 unspecified atom stereocenters. The molecule has 0 aliphatic rings. The predicted molar refractivity (Wildman–Crippen MR) is 109 cm³/mol. The average molecular weight is 464 g/mol. The lowest BCUT2D eigenvalue weighted by molar-refractivity contribution is -0.114. The Labute approximate surface area is 172 Å². The lowest BCUT2D eigenvalue weighted by atomic mass is 10.2. The van der Waals surface area contributed by atoms with Crippen LogP contribution in [0.15, 0.2) is 58.4 Å². The van der Waals surface area contributed by atoms with Crippen molar-refractivity contribution in [2.45, 2.75) is 12.1 Å². The van der Waals surface area contributed by atoms with Crippen molar-refractivity contribution >= 4 is 50.9 Å². The minimum Gasteiger partial charge on any atom is -0.326 e. The first-order chi connectivity index (χ1) is 13.4. The zero-order valence-electron chi connectivity index (χ0n) is 14.6. The molecule has 3 rings (SSSR count). The number of carbonyl (C=O) groups excluding carboxylic acids is 2. The highest BCUT2D eigenvalue weighted by Gasteiger charge is 2.12. The molecule has 0 aliphatic heterocycles. The van der Waals surface area contributed by atoms with E-state index in [1.54, 1.807) is 28.8 Å². The molecular formula is C18H15BrFN5O2S. The fraction of sp³-hybridized carbons (Fsp3) is 0.111. The molecule has 0 atom stereocenters. The summed E-state index contributed by atoms with van der Waals surface area (Å²) in [5.74, 6) is -1.04. The molecule has 0 fully saturated rings. The molecule has 3 aromatic rings. The number of halogens is 2. The van der Waals surface area contributed by atoms with Gasteiger partial charge in [-0.3, -0.25) is 14.2 Å². The van der Waals surface area contributed by atoms with E-state index in [9.17, 15) is 14.0 Å². The molecule has 0 radical (unpaired) electrons. The first kappa shape index (κ1) is 20.0. The number of hydrogen-bond acceptors (Lipinski definition) is 5. The molecular weight excluding hydrogens is 449 g/mol. The number of thioether (sulfide) groups is 1. The maximum atomic E-state index is 13.8. The Morgan fingerprint density at radius 3 is 2.79 bits per heavy atom. The Kier molecular flexibility index (Phi) is 6.42. The Morgan fingerprint density at radius 1 is 1.21 bits per heavy atom. The van der Waals surface area contributed by atoms with Gasteiger partial charge in [-0.25, -0.2) is 4.39 Å². The van der Waals surface area contributed by atoms with Crippen LogP contribution in [-0.4, -0.2) is 32.3 Å². The number of anilines is 2. The molecule has 2 amide bonds. The molecule has 10 heteroatoms. The summed E-state index contributed by atoms with van der Waals surface area (Å²) in [6.07, 6.45) is 1.52. The van der Waals surface area contributed by atoms with Crippen LogP contribution in [0.4, 0.5) is 15.8 Å². The van der Waals surface area contributed by atoms with E-state index in [4.69, 9.17) is 0 Å². The van der Waals surface area contributed by atoms with Gasteiger partial charge in [0.2, 0.25) is 11.8 Å². The van der Waals surface area contributed by atoms with E-state index >= 15 is 0 Å². The highest BCUT2D eigenvalue weighted by Crippen LogP contribution is 2.23. The van der Waals surface area contributed by atoms with Crippen molar-refractivity contribution in [3.05, 3.63) is 59.1 Å². The van der Waals surface area contributed by atoms with Gasteiger partial charge < -0.3 is 10.6 Å². The van der Waals surface area contributed by atoms with Crippen LogP contribution < -0.4 is 10.6 Å². The SMILES string of the molecule is CC(=O)Nc1cccc(-n2cnnc2SCC(=O)Nc2ccc(Br)cc2F)c1. The summed E-state index contributed by atoms with van der Waals surface area (Å²) in [5.41, 5.74) is 1.48. The van der Waals surface area contributed by atoms with Crippen LogP contribution in [0.5, 0.6) is 0 Å². The number of rotatable bonds is 6. The van der Waals surface area contributed by atoms with Crippen molar-refractivity contribution in [3.63, 3.8) is 0 Å². The Bertz CT molecular complexity index is 1030. The summed E-state index contributed by atoms with van der Waals surface area (Å²) < 4.78 is 16.1. The molecule has 0 saturated carbocycles. The topological polar surface area (TPSA) is 88.9 Å². The van der Waals surface area contributed by atoms with Gasteiger partial charge in [-0.05, 0) is 36.4 Å². The van der Waals surface area contributed by atoms with Gasteiger partial charge in [0.25, 0.3) is 0 Å². The number of hydrogen-bond donors (Lipinski definition) is 2. The molecule has 0 bridgehead atoms. The zero-order valence-corrected chi connectivity index (χ0v) is 17.1. The van der Waals surface area contributed by atoms with Crippen molar-refractivity contribution in [1.82, 2.24) is 14.8 Å². The van der Waals surface area contributed by atoms with E-state index in [0.717, 1.165) is 17.4 Å². The smallest absolute Gasteiger partial charge is 0.234 e. The first-order valence-corrected chi connectivity index (χ1v) is 9.86. The van der Waals surface area contributed by atoms with Gasteiger partial charge in [0, 0.05) is 17.1 Å². The van der Waals surface area contributed by atoms with Crippen LogP contribution in [0.2, 0.25) is 0 Å². The van der Waals surface area contributed by atoms with E-state index < -0.39 is 5.82 Å². The van der Waals surface area contributed by atoms with Gasteiger partial charge in [0.15, 0.2) is 5.16 Å². The largest absolute Gasteiger partial charge is 0.326 e. The number of benzene rings is 2. The fourth-order valence-corrected chi connectivity index (χ4v) is 3.41. The third-order valence-electron chi connectivity index (χ3n) is 3.50. The molecule has 1 aromatic heterocycles. The van der Waals surface area contributed by atoms with Crippen LogP contribution in [0.25, 0.3) is 5.69 Å². The van der Waals surface area contributed by atoms with E-state index in [-0.39, 0.29) is 23.3 Å². The average Bonchev–Trinajstić information content (AvgIpc) is 3.11. The second kappa shape index (κ2) is 8.98. The summed E-state index contributed by atoms with van der Waals surface area (Å²) in [5, 5.41) is 13.6. The number of nitrogens with one attached hydrogen (secondary N) is 2. The lowest BCUT2D eigenvalue weighted by Gasteiger charge is -2.09. The van der Waals surface area contributed by atoms with E-state index in [1.165, 1.54) is 25.4 Å². The molecule has 0 saturated heterocycles. The number of nitrogens with zero attached hydrogens (tertiary/aromatic N) is 3. The van der Waals surface area contributed by atoms with Crippen LogP contribution in [0.1, 0.15) is 6.92 Å². The molecule has 1 heterocycles. The summed E-state index contributed by atoms with van der Waals surface area (Å²) in [6.45, 7) is 1.43. The lowest BCUT2D eigenvalue weighted by Crippen LogP contribution is -2.15. The predicted octanol–water partition coefficient (Wildman–Crippen LogP) is 3.86. The maximum absolute atomic E-state index is 13.8. The van der Waals surface area contributed by atoms with E-state index in [2.05, 4.69) is 36.8 Å². The summed E-state index contributed by atoms with van der Waals surface area (Å²) in [7, 11) is 0. The third-order valence-corrected chi connectivity index (χ3v) is 4.94. The summed E-state index contributed by atoms with van der Waals surface area (Å²) in [6, 6.07) is 11.6. The van der Waals surface area contributed by atoms with Crippen molar-refractivity contribution in [2.24, 2.45) is 0 Å². The zero-order chi connectivity index (χ0) is 20.1. The standard InChI is InChI=1S/C18H15BrFN5O2S/c1-11(26)22-13-3-2-4-14(8-13)25-10-21-24-18(25)28-9-17(27)23-16-6-5-12(19)7-15(16)20/h2-8,10H,9H2,1H3,(H,22,26)(H,23,27). The Hall–Kier alpha value is -2.72. The highest BCUT2D eigenvalue weighted by atomic mass is 79.9. The molecule has 7 nitrogen and oxygen atoms in total. The highest BCUT2D eigenvalue weighted by molar-refractivity contribution is 9.10. The van der Waals surface area contributed by atoms with E-state index in [0.29, 0.717) is 15.3 Å². The van der Waals surface area contributed by atoms with Crippen LogP contribution in [-0.2, 0) is 9.59 Å². The molecule has 2 N–H and O–H groups in total. The van der Waals surface area contributed by atoms with Gasteiger partial charge in [0.05, 0.1) is 17.1 Å². The number of aromatic nitrogens is 3. The molecule has 144 valence electrons. The minimum atomic E-state index is -0.523. The van der Waals surface area contributed by atoms with Crippen LogP contribution in [0, 0.1) is 5.82 Å². The van der Waals surface area contributed by atoms with Gasteiger partial charge in [0.1, 0.15) is 12.1 Å². The van der Waals surface area contributed by atoms with Crippen molar-refractivity contribution in [3.8, 4) is 5.69 Å². The van der Waals surface area contributed by atoms with E-state index in [1.807, 2.05) is 6.07 Å². The number of carbonyl (C=O) groups is 2. The van der Waals surface area contributed by atoms with Gasteiger partial charge >= 0.3 is 0 Å². The molecule has 0 spiro atoms. The quantitative estimate of drug-likeness (QED) is 0.541. The normalized spacial score (nSPS) is 10.5. The summed E-state index contributed by atoms with van der Waals surface area (Å²) >= 11 is 4.33. The third kappa shape index (κ3) is 5.17. The second-order valence-corrected chi connectivity index (χ2v) is 7.53. The molecule has 2 aromatic carbocycles. The summed E-state index contributed by atoms with van der Waals surface area (Å²) in [4.78, 5) is 23.4. The van der Waals surface area contributed by atoms with Crippen molar-refractivity contribution < 1.29 is 14.0 Å². The minimum absolute atomic E-state index is 0.0274.